The van der Waals surface area contributed by atoms with E-state index in [1.165, 1.54) is 0 Å². The molecule has 126 valence electrons. The molecule has 0 spiro atoms. The Morgan fingerprint density at radius 1 is 1.09 bits per heavy atom. The number of carbonyl (C=O) groups is 2. The maximum atomic E-state index is 12.4. The number of hydrogen-bond donors (Lipinski definition) is 0. The highest BCUT2D eigenvalue weighted by Crippen LogP contribution is 2.32. The van der Waals surface area contributed by atoms with Gasteiger partial charge in [-0.15, -0.1) is 0 Å². The topological polar surface area (TPSA) is 52.6 Å². The summed E-state index contributed by atoms with van der Waals surface area (Å²) in [5.41, 5.74) is 0. The first-order valence-corrected chi connectivity index (χ1v) is 8.63. The summed E-state index contributed by atoms with van der Waals surface area (Å²) in [5, 5.41) is 0.583. The van der Waals surface area contributed by atoms with Crippen molar-refractivity contribution in [2.24, 2.45) is 11.8 Å². The highest BCUT2D eigenvalue weighted by molar-refractivity contribution is 6.30. The second-order valence-electron chi connectivity index (χ2n) is 5.89. The minimum absolute atomic E-state index is 0.267. The first kappa shape index (κ1) is 17.8. The lowest BCUT2D eigenvalue weighted by Gasteiger charge is -2.28. The Morgan fingerprint density at radius 3 is 2.30 bits per heavy atom. The zero-order valence-corrected chi connectivity index (χ0v) is 14.2. The molecule has 1 aliphatic rings. The van der Waals surface area contributed by atoms with Gasteiger partial charge >= 0.3 is 11.9 Å². The molecule has 23 heavy (non-hydrogen) atoms. The molecule has 1 fully saturated rings. The van der Waals surface area contributed by atoms with Crippen molar-refractivity contribution in [1.82, 2.24) is 0 Å². The molecule has 0 aromatic heterocycles. The summed E-state index contributed by atoms with van der Waals surface area (Å²) in [7, 11) is 0. The Labute approximate surface area is 142 Å². The van der Waals surface area contributed by atoms with E-state index >= 15 is 0 Å². The molecular weight excluding hydrogens is 316 g/mol. The van der Waals surface area contributed by atoms with Gasteiger partial charge in [-0.2, -0.15) is 0 Å². The van der Waals surface area contributed by atoms with Gasteiger partial charge in [-0.1, -0.05) is 37.8 Å². The molecule has 2 atom stereocenters. The van der Waals surface area contributed by atoms with Crippen LogP contribution in [0.15, 0.2) is 24.3 Å². The lowest BCUT2D eigenvalue weighted by atomic mass is 9.79. The lowest BCUT2D eigenvalue weighted by Crippen LogP contribution is -2.36. The first-order valence-electron chi connectivity index (χ1n) is 8.25. The molecule has 1 aliphatic carbocycles. The van der Waals surface area contributed by atoms with E-state index in [1.54, 1.807) is 24.3 Å². The van der Waals surface area contributed by atoms with Gasteiger partial charge in [-0.05, 0) is 43.5 Å². The number of unbranched alkanes of at least 4 members (excludes halogenated alkanes) is 1. The molecule has 0 aliphatic heterocycles. The number of rotatable bonds is 6. The van der Waals surface area contributed by atoms with Gasteiger partial charge in [0.05, 0.1) is 18.4 Å². The molecule has 0 bridgehead atoms. The Balaban J connectivity index is 1.97. The van der Waals surface area contributed by atoms with Crippen LogP contribution in [0.25, 0.3) is 0 Å². The SMILES string of the molecule is CCCCOC(=O)C1CCCCC1C(=O)Oc1ccc(Cl)cc1. The third kappa shape index (κ3) is 5.24. The van der Waals surface area contributed by atoms with Crippen LogP contribution in [0.3, 0.4) is 0 Å². The van der Waals surface area contributed by atoms with Gasteiger partial charge in [0.15, 0.2) is 0 Å². The fraction of sp³-hybridized carbons (Fsp3) is 0.556. The van der Waals surface area contributed by atoms with Crippen LogP contribution in [0.4, 0.5) is 0 Å². The molecule has 0 amide bonds. The number of carbonyl (C=O) groups excluding carboxylic acids is 2. The molecule has 0 radical (unpaired) electrons. The lowest BCUT2D eigenvalue weighted by molar-refractivity contribution is -0.158. The van der Waals surface area contributed by atoms with Crippen LogP contribution in [0.1, 0.15) is 45.4 Å². The summed E-state index contributed by atoms with van der Waals surface area (Å²) in [6.45, 7) is 2.46. The highest BCUT2D eigenvalue weighted by Gasteiger charge is 2.38. The van der Waals surface area contributed by atoms with Crippen LogP contribution in [0.2, 0.25) is 5.02 Å². The number of hydrogen-bond acceptors (Lipinski definition) is 4. The van der Waals surface area contributed by atoms with Crippen molar-refractivity contribution >= 4 is 23.5 Å². The van der Waals surface area contributed by atoms with E-state index in [4.69, 9.17) is 21.1 Å². The quantitative estimate of drug-likeness (QED) is 0.438. The van der Waals surface area contributed by atoms with Crippen molar-refractivity contribution in [2.45, 2.75) is 45.4 Å². The fourth-order valence-corrected chi connectivity index (χ4v) is 2.94. The second-order valence-corrected chi connectivity index (χ2v) is 6.33. The maximum Gasteiger partial charge on any atom is 0.315 e. The van der Waals surface area contributed by atoms with Gasteiger partial charge in [-0.3, -0.25) is 9.59 Å². The Hall–Kier alpha value is -1.55. The van der Waals surface area contributed by atoms with E-state index in [0.717, 1.165) is 25.7 Å². The summed E-state index contributed by atoms with van der Waals surface area (Å²) in [4.78, 5) is 24.7. The molecule has 1 aromatic rings. The molecule has 0 heterocycles. The molecule has 1 aromatic carbocycles. The van der Waals surface area contributed by atoms with Crippen molar-refractivity contribution in [3.8, 4) is 5.75 Å². The number of benzene rings is 1. The summed E-state index contributed by atoms with van der Waals surface area (Å²) in [6.07, 6.45) is 5.04. The third-order valence-corrected chi connectivity index (χ3v) is 4.40. The summed E-state index contributed by atoms with van der Waals surface area (Å²) in [6, 6.07) is 6.64. The van der Waals surface area contributed by atoms with E-state index < -0.39 is 5.92 Å². The normalized spacial score (nSPS) is 20.8. The monoisotopic (exact) mass is 338 g/mol. The van der Waals surface area contributed by atoms with Gasteiger partial charge in [0.2, 0.25) is 0 Å². The van der Waals surface area contributed by atoms with Crippen molar-refractivity contribution < 1.29 is 19.1 Å². The van der Waals surface area contributed by atoms with E-state index in [1.807, 2.05) is 6.92 Å². The predicted molar refractivity (Wildman–Crippen MR) is 88.4 cm³/mol. The second kappa shape index (κ2) is 8.92. The van der Waals surface area contributed by atoms with E-state index in [-0.39, 0.29) is 17.9 Å². The largest absolute Gasteiger partial charge is 0.465 e. The number of halogens is 1. The molecule has 4 nitrogen and oxygen atoms in total. The molecule has 0 N–H and O–H groups in total. The van der Waals surface area contributed by atoms with Crippen LogP contribution in [0, 0.1) is 11.8 Å². The Kier molecular flexibility index (Phi) is 6.90. The van der Waals surface area contributed by atoms with Gasteiger partial charge < -0.3 is 9.47 Å². The van der Waals surface area contributed by atoms with Crippen LogP contribution in [-0.4, -0.2) is 18.5 Å². The first-order chi connectivity index (χ1) is 11.1. The van der Waals surface area contributed by atoms with Crippen LogP contribution in [0.5, 0.6) is 5.75 Å². The van der Waals surface area contributed by atoms with E-state index in [0.29, 0.717) is 30.2 Å². The summed E-state index contributed by atoms with van der Waals surface area (Å²) < 4.78 is 10.7. The fourth-order valence-electron chi connectivity index (χ4n) is 2.81. The smallest absolute Gasteiger partial charge is 0.315 e. The third-order valence-electron chi connectivity index (χ3n) is 4.15. The van der Waals surface area contributed by atoms with Gasteiger partial charge in [0.1, 0.15) is 5.75 Å². The molecule has 5 heteroatoms. The van der Waals surface area contributed by atoms with E-state index in [2.05, 4.69) is 0 Å². The maximum absolute atomic E-state index is 12.4. The van der Waals surface area contributed by atoms with Crippen LogP contribution >= 0.6 is 11.6 Å². The minimum Gasteiger partial charge on any atom is -0.465 e. The van der Waals surface area contributed by atoms with Crippen LogP contribution < -0.4 is 4.74 Å². The Morgan fingerprint density at radius 2 is 1.70 bits per heavy atom. The van der Waals surface area contributed by atoms with Crippen LogP contribution in [-0.2, 0) is 14.3 Å². The molecule has 2 unspecified atom stereocenters. The van der Waals surface area contributed by atoms with Crippen molar-refractivity contribution in [3.05, 3.63) is 29.3 Å². The Bertz CT molecular complexity index is 526. The summed E-state index contributed by atoms with van der Waals surface area (Å²) >= 11 is 5.82. The number of esters is 2. The zero-order chi connectivity index (χ0) is 16.7. The molecule has 2 rings (SSSR count). The molecular formula is C18H23ClO4. The standard InChI is InChI=1S/C18H23ClO4/c1-2-3-12-22-17(20)15-6-4-5-7-16(15)18(21)23-14-10-8-13(19)9-11-14/h8-11,15-16H,2-7,12H2,1H3. The average Bonchev–Trinajstić information content (AvgIpc) is 2.57. The number of ether oxygens (including phenoxy) is 2. The van der Waals surface area contributed by atoms with E-state index in [9.17, 15) is 9.59 Å². The molecule has 1 saturated carbocycles. The highest BCUT2D eigenvalue weighted by atomic mass is 35.5. The van der Waals surface area contributed by atoms with Crippen molar-refractivity contribution in [2.75, 3.05) is 6.61 Å². The van der Waals surface area contributed by atoms with Gasteiger partial charge in [-0.25, -0.2) is 0 Å². The summed E-state index contributed by atoms with van der Waals surface area (Å²) in [5.74, 6) is -0.988. The molecule has 0 saturated heterocycles. The van der Waals surface area contributed by atoms with Gasteiger partial charge in [0.25, 0.3) is 0 Å². The zero-order valence-electron chi connectivity index (χ0n) is 13.4. The predicted octanol–water partition coefficient (Wildman–Crippen LogP) is 4.40. The van der Waals surface area contributed by atoms with Gasteiger partial charge in [0, 0.05) is 5.02 Å². The average molecular weight is 339 g/mol. The van der Waals surface area contributed by atoms with Crippen molar-refractivity contribution in [3.63, 3.8) is 0 Å². The minimum atomic E-state index is -0.423. The van der Waals surface area contributed by atoms with Crippen molar-refractivity contribution in [1.29, 1.82) is 0 Å².